The molecule has 0 aromatic heterocycles. The van der Waals surface area contributed by atoms with Crippen molar-refractivity contribution in [3.8, 4) is 0 Å². The van der Waals surface area contributed by atoms with Gasteiger partial charge in [-0.1, -0.05) is 12.2 Å². The van der Waals surface area contributed by atoms with E-state index in [0.29, 0.717) is 0 Å². The molecule has 1 unspecified atom stereocenters. The monoisotopic (exact) mass is 133 g/mol. The summed E-state index contributed by atoms with van der Waals surface area (Å²) >= 11 is 4.38. The molecule has 8 heavy (non-hydrogen) atoms. The molecule has 0 heterocycles. The smallest absolute Gasteiger partial charge is 0.258 e. The topological polar surface area (TPSA) is 63.3 Å². The number of aliphatic hydroxyl groups excluding tert-OH is 1. The lowest BCUT2D eigenvalue weighted by molar-refractivity contribution is -0.112. The number of hydrogen-bond acceptors (Lipinski definition) is 3. The number of rotatable bonds is 2. The molecule has 3 N–H and O–H groups in total. The van der Waals surface area contributed by atoms with Crippen LogP contribution in [0.15, 0.2) is 0 Å². The molecular formula is C4H7NO2S. The van der Waals surface area contributed by atoms with Crippen molar-refractivity contribution in [2.24, 2.45) is 5.73 Å². The largest absolute Gasteiger partial charge is 0.388 e. The van der Waals surface area contributed by atoms with Gasteiger partial charge in [0.1, 0.15) is 4.86 Å². The summed E-state index contributed by atoms with van der Waals surface area (Å²) in [5.74, 6) is -0.727. The minimum Gasteiger partial charge on any atom is -0.388 e. The second-order valence-corrected chi connectivity index (χ2v) is 1.84. The summed E-state index contributed by atoms with van der Waals surface area (Å²) in [5, 5.41) is 8.55. The lowest BCUT2D eigenvalue weighted by Gasteiger charge is -1.98. The van der Waals surface area contributed by atoms with E-state index in [-0.39, 0.29) is 4.86 Å². The number of amides is 1. The highest BCUT2D eigenvalue weighted by Crippen LogP contribution is 1.84. The van der Waals surface area contributed by atoms with Crippen molar-refractivity contribution in [2.75, 3.05) is 0 Å². The second kappa shape index (κ2) is 2.74. The van der Waals surface area contributed by atoms with E-state index >= 15 is 0 Å². The van der Waals surface area contributed by atoms with E-state index in [1.165, 1.54) is 6.92 Å². The van der Waals surface area contributed by atoms with Gasteiger partial charge in [0.2, 0.25) is 0 Å². The van der Waals surface area contributed by atoms with Gasteiger partial charge in [-0.25, -0.2) is 0 Å². The highest BCUT2D eigenvalue weighted by Gasteiger charge is 2.08. The Morgan fingerprint density at radius 3 is 2.25 bits per heavy atom. The zero-order valence-corrected chi connectivity index (χ0v) is 5.23. The Kier molecular flexibility index (Phi) is 2.57. The van der Waals surface area contributed by atoms with Crippen LogP contribution in [0.4, 0.5) is 0 Å². The fourth-order valence-corrected chi connectivity index (χ4v) is 0.206. The van der Waals surface area contributed by atoms with Gasteiger partial charge in [0, 0.05) is 0 Å². The maximum absolute atomic E-state index is 10.1. The third-order valence-corrected chi connectivity index (χ3v) is 1.16. The third kappa shape index (κ3) is 1.99. The predicted molar refractivity (Wildman–Crippen MR) is 33.5 cm³/mol. The number of nitrogens with two attached hydrogens (primary N) is 1. The molecule has 0 aliphatic carbocycles. The Hall–Kier alpha value is -0.480. The lowest BCUT2D eigenvalue weighted by Crippen LogP contribution is -2.29. The Balaban J connectivity index is 3.84. The summed E-state index contributed by atoms with van der Waals surface area (Å²) in [4.78, 5) is 9.94. The van der Waals surface area contributed by atoms with Crippen LogP contribution in [-0.2, 0) is 4.79 Å². The van der Waals surface area contributed by atoms with Gasteiger partial charge in [0.25, 0.3) is 5.91 Å². The third-order valence-electron chi connectivity index (χ3n) is 0.622. The molecule has 0 saturated heterocycles. The van der Waals surface area contributed by atoms with E-state index in [9.17, 15) is 4.79 Å². The van der Waals surface area contributed by atoms with E-state index in [1.54, 1.807) is 0 Å². The van der Waals surface area contributed by atoms with Gasteiger partial charge in [0.15, 0.2) is 0 Å². The molecule has 0 aliphatic rings. The van der Waals surface area contributed by atoms with E-state index in [4.69, 9.17) is 10.8 Å². The molecule has 1 amide bonds. The van der Waals surface area contributed by atoms with Crippen LogP contribution in [0.3, 0.4) is 0 Å². The van der Waals surface area contributed by atoms with Gasteiger partial charge in [-0.05, 0) is 6.92 Å². The van der Waals surface area contributed by atoms with Gasteiger partial charge >= 0.3 is 0 Å². The number of hydrogen-bond donors (Lipinski definition) is 2. The molecule has 1 atom stereocenters. The maximum Gasteiger partial charge on any atom is 0.258 e. The van der Waals surface area contributed by atoms with Crippen LogP contribution in [0.2, 0.25) is 0 Å². The molecule has 0 saturated carbocycles. The Morgan fingerprint density at radius 1 is 1.88 bits per heavy atom. The van der Waals surface area contributed by atoms with Crippen LogP contribution < -0.4 is 5.73 Å². The normalized spacial score (nSPS) is 12.8. The van der Waals surface area contributed by atoms with Gasteiger partial charge in [0.05, 0.1) is 6.10 Å². The first-order valence-corrected chi connectivity index (χ1v) is 2.48. The number of carbonyl (C=O) groups excluding carboxylic acids is 1. The Morgan fingerprint density at radius 2 is 2.25 bits per heavy atom. The standard InChI is InChI=1S/C4H7NO2S/c1-2(6)3(8)4(5)7/h2,6H,1H3,(H2,5,7). The summed E-state index contributed by atoms with van der Waals surface area (Å²) in [6.45, 7) is 1.40. The molecule has 0 aromatic rings. The molecule has 0 radical (unpaired) electrons. The highest BCUT2D eigenvalue weighted by molar-refractivity contribution is 7.82. The van der Waals surface area contributed by atoms with Crippen LogP contribution in [0.5, 0.6) is 0 Å². The van der Waals surface area contributed by atoms with E-state index < -0.39 is 12.0 Å². The molecule has 0 spiro atoms. The van der Waals surface area contributed by atoms with Crippen molar-refractivity contribution in [1.29, 1.82) is 0 Å². The van der Waals surface area contributed by atoms with Crippen molar-refractivity contribution in [2.45, 2.75) is 13.0 Å². The second-order valence-electron chi connectivity index (χ2n) is 1.40. The zero-order chi connectivity index (χ0) is 6.73. The molecule has 0 bridgehead atoms. The summed E-state index contributed by atoms with van der Waals surface area (Å²) in [5.41, 5.74) is 4.70. The van der Waals surface area contributed by atoms with E-state index in [1.807, 2.05) is 0 Å². The summed E-state index contributed by atoms with van der Waals surface area (Å²) in [7, 11) is 0. The summed E-state index contributed by atoms with van der Waals surface area (Å²) in [6, 6.07) is 0. The van der Waals surface area contributed by atoms with Gasteiger partial charge in [-0.2, -0.15) is 0 Å². The fourth-order valence-electron chi connectivity index (χ4n) is 0.206. The molecule has 0 rings (SSSR count). The lowest BCUT2D eigenvalue weighted by atomic mass is 10.3. The fraction of sp³-hybridized carbons (Fsp3) is 0.500. The van der Waals surface area contributed by atoms with Crippen LogP contribution >= 0.6 is 12.2 Å². The maximum atomic E-state index is 10.1. The van der Waals surface area contributed by atoms with Crippen molar-refractivity contribution in [3.63, 3.8) is 0 Å². The van der Waals surface area contributed by atoms with E-state index in [2.05, 4.69) is 12.2 Å². The first kappa shape index (κ1) is 7.52. The van der Waals surface area contributed by atoms with Crippen molar-refractivity contribution in [1.82, 2.24) is 0 Å². The van der Waals surface area contributed by atoms with Crippen LogP contribution in [0.25, 0.3) is 0 Å². The van der Waals surface area contributed by atoms with Crippen LogP contribution in [0, 0.1) is 0 Å². The van der Waals surface area contributed by atoms with Crippen molar-refractivity contribution < 1.29 is 9.90 Å². The number of carbonyl (C=O) groups is 1. The van der Waals surface area contributed by atoms with Gasteiger partial charge in [-0.15, -0.1) is 0 Å². The molecule has 0 aliphatic heterocycles. The van der Waals surface area contributed by atoms with Gasteiger partial charge < -0.3 is 10.8 Å². The predicted octanol–water partition coefficient (Wildman–Crippen LogP) is -0.778. The Bertz CT molecular complexity index is 121. The first-order valence-electron chi connectivity index (χ1n) is 2.07. The Labute approximate surface area is 52.5 Å². The molecule has 0 fully saturated rings. The first-order chi connectivity index (χ1) is 3.55. The minimum absolute atomic E-state index is 0.120. The van der Waals surface area contributed by atoms with E-state index in [0.717, 1.165) is 0 Å². The minimum atomic E-state index is -0.900. The molecule has 0 aromatic carbocycles. The quantitative estimate of drug-likeness (QED) is 0.486. The molecule has 3 nitrogen and oxygen atoms in total. The number of aliphatic hydroxyl groups is 1. The number of primary amides is 1. The highest BCUT2D eigenvalue weighted by atomic mass is 32.1. The van der Waals surface area contributed by atoms with Crippen molar-refractivity contribution in [3.05, 3.63) is 0 Å². The van der Waals surface area contributed by atoms with Crippen molar-refractivity contribution >= 4 is 23.0 Å². The summed E-state index contributed by atoms with van der Waals surface area (Å²) in [6.07, 6.45) is -0.900. The average Bonchev–Trinajstić information content (AvgIpc) is 1.64. The summed E-state index contributed by atoms with van der Waals surface area (Å²) < 4.78 is 0. The molecule has 4 heteroatoms. The van der Waals surface area contributed by atoms with Crippen LogP contribution in [0.1, 0.15) is 6.92 Å². The average molecular weight is 133 g/mol. The van der Waals surface area contributed by atoms with Crippen LogP contribution in [-0.4, -0.2) is 22.0 Å². The zero-order valence-electron chi connectivity index (χ0n) is 4.42. The SMILES string of the molecule is CC(O)C(=S)C(N)=O. The number of thiocarbonyl (C=S) groups is 1. The molecular weight excluding hydrogens is 126 g/mol. The molecule has 46 valence electrons. The van der Waals surface area contributed by atoms with Gasteiger partial charge in [-0.3, -0.25) is 4.79 Å².